The Morgan fingerprint density at radius 3 is 2.60 bits per heavy atom. The van der Waals surface area contributed by atoms with Crippen molar-refractivity contribution in [2.75, 3.05) is 12.3 Å². The second-order valence-electron chi connectivity index (χ2n) is 5.39. The van der Waals surface area contributed by atoms with Crippen molar-refractivity contribution in [3.8, 4) is 5.88 Å². The molecular weight excluding hydrogens is 250 g/mol. The summed E-state index contributed by atoms with van der Waals surface area (Å²) in [6.07, 6.45) is 6.64. The summed E-state index contributed by atoms with van der Waals surface area (Å²) in [5.74, 6) is 1.97. The zero-order valence-corrected chi connectivity index (χ0v) is 11.6. The van der Waals surface area contributed by atoms with Crippen molar-refractivity contribution in [2.45, 2.75) is 19.8 Å². The van der Waals surface area contributed by atoms with Gasteiger partial charge in [0.2, 0.25) is 0 Å². The number of anilines is 1. The third-order valence-electron chi connectivity index (χ3n) is 3.92. The zero-order valence-electron chi connectivity index (χ0n) is 11.6. The fraction of sp³-hybridized carbons (Fsp3) is 0.375. The molecule has 0 aliphatic heterocycles. The van der Waals surface area contributed by atoms with E-state index in [1.165, 1.54) is 0 Å². The van der Waals surface area contributed by atoms with E-state index < -0.39 is 0 Å². The number of hydrogen-bond acceptors (Lipinski definition) is 4. The molecule has 3 rings (SSSR count). The fourth-order valence-electron chi connectivity index (χ4n) is 2.53. The molecule has 1 heterocycles. The second kappa shape index (κ2) is 5.49. The Morgan fingerprint density at radius 2 is 1.85 bits per heavy atom. The highest BCUT2D eigenvalue weighted by Crippen LogP contribution is 2.27. The molecule has 4 heteroatoms. The third kappa shape index (κ3) is 2.59. The average molecular weight is 269 g/mol. The number of para-hydroxylation sites is 2. The topological polar surface area (TPSA) is 61.0 Å². The third-order valence-corrected chi connectivity index (χ3v) is 3.92. The zero-order chi connectivity index (χ0) is 13.9. The van der Waals surface area contributed by atoms with E-state index in [-0.39, 0.29) is 0 Å². The van der Waals surface area contributed by atoms with E-state index in [4.69, 9.17) is 10.5 Å². The van der Waals surface area contributed by atoms with Crippen LogP contribution < -0.4 is 10.5 Å². The predicted octanol–water partition coefficient (Wildman–Crippen LogP) is 3.19. The molecule has 0 amide bonds. The quantitative estimate of drug-likeness (QED) is 0.869. The molecule has 0 fully saturated rings. The number of nitrogens with zero attached hydrogens (tertiary/aromatic N) is 2. The number of benzene rings is 1. The van der Waals surface area contributed by atoms with Gasteiger partial charge in [-0.25, -0.2) is 9.97 Å². The number of ether oxygens (including phenoxy) is 1. The molecular formula is C16H19N3O. The van der Waals surface area contributed by atoms with Gasteiger partial charge >= 0.3 is 0 Å². The molecule has 0 bridgehead atoms. The highest BCUT2D eigenvalue weighted by molar-refractivity contribution is 5.76. The average Bonchev–Trinajstić information content (AvgIpc) is 2.46. The molecule has 0 radical (unpaired) electrons. The lowest BCUT2D eigenvalue weighted by Gasteiger charge is -2.25. The van der Waals surface area contributed by atoms with E-state index in [0.717, 1.165) is 23.9 Å². The monoisotopic (exact) mass is 269 g/mol. The van der Waals surface area contributed by atoms with Gasteiger partial charge in [0.05, 0.1) is 17.6 Å². The minimum absolute atomic E-state index is 0.364. The van der Waals surface area contributed by atoms with E-state index in [0.29, 0.717) is 30.1 Å². The van der Waals surface area contributed by atoms with Crippen molar-refractivity contribution in [3.05, 3.63) is 36.4 Å². The van der Waals surface area contributed by atoms with Gasteiger partial charge in [0, 0.05) is 0 Å². The van der Waals surface area contributed by atoms with Crippen LogP contribution in [0, 0.1) is 11.8 Å². The predicted molar refractivity (Wildman–Crippen MR) is 80.5 cm³/mol. The second-order valence-corrected chi connectivity index (χ2v) is 5.39. The smallest absolute Gasteiger partial charge is 0.257 e. The van der Waals surface area contributed by atoms with Gasteiger partial charge in [-0.05, 0) is 36.8 Å². The van der Waals surface area contributed by atoms with Crippen molar-refractivity contribution in [1.82, 2.24) is 9.97 Å². The molecule has 4 nitrogen and oxygen atoms in total. The number of nitrogen functional groups attached to an aromatic ring is 1. The summed E-state index contributed by atoms with van der Waals surface area (Å²) in [7, 11) is 0. The molecule has 1 aliphatic rings. The number of rotatable bonds is 3. The summed E-state index contributed by atoms with van der Waals surface area (Å²) in [6.45, 7) is 2.90. The highest BCUT2D eigenvalue weighted by atomic mass is 16.5. The minimum atomic E-state index is 0.364. The van der Waals surface area contributed by atoms with E-state index in [2.05, 4.69) is 29.0 Å². The Bertz CT molecular complexity index is 639. The number of allylic oxidation sites excluding steroid dienone is 2. The Hall–Kier alpha value is -2.10. The largest absolute Gasteiger partial charge is 0.475 e. The van der Waals surface area contributed by atoms with E-state index in [9.17, 15) is 0 Å². The van der Waals surface area contributed by atoms with Gasteiger partial charge in [0.15, 0.2) is 5.82 Å². The standard InChI is InChI=1S/C16H19N3O/c1-11-6-2-3-7-12(11)10-20-16-15(17)18-13-8-4-5-9-14(13)19-16/h2-5,8-9,11-12H,6-7,10H2,1H3,(H2,17,18). The Kier molecular flexibility index (Phi) is 3.54. The van der Waals surface area contributed by atoms with Gasteiger partial charge in [-0.15, -0.1) is 0 Å². The van der Waals surface area contributed by atoms with Crippen LogP contribution in [0.2, 0.25) is 0 Å². The van der Waals surface area contributed by atoms with Gasteiger partial charge in [-0.1, -0.05) is 31.2 Å². The Morgan fingerprint density at radius 1 is 1.15 bits per heavy atom. The van der Waals surface area contributed by atoms with Crippen LogP contribution in [0.1, 0.15) is 19.8 Å². The fourth-order valence-corrected chi connectivity index (χ4v) is 2.53. The van der Waals surface area contributed by atoms with Crippen LogP contribution in [-0.2, 0) is 0 Å². The van der Waals surface area contributed by atoms with Crippen LogP contribution in [0.3, 0.4) is 0 Å². The van der Waals surface area contributed by atoms with E-state index in [1.807, 2.05) is 24.3 Å². The van der Waals surface area contributed by atoms with Crippen LogP contribution in [0.15, 0.2) is 36.4 Å². The van der Waals surface area contributed by atoms with Crippen LogP contribution in [-0.4, -0.2) is 16.6 Å². The van der Waals surface area contributed by atoms with Crippen LogP contribution in [0.4, 0.5) is 5.82 Å². The molecule has 104 valence electrons. The van der Waals surface area contributed by atoms with Crippen LogP contribution in [0.25, 0.3) is 11.0 Å². The first-order valence-corrected chi connectivity index (χ1v) is 7.04. The Balaban J connectivity index is 1.77. The lowest BCUT2D eigenvalue weighted by molar-refractivity contribution is 0.194. The summed E-state index contributed by atoms with van der Waals surface area (Å²) in [5, 5.41) is 0. The van der Waals surface area contributed by atoms with Gasteiger partial charge < -0.3 is 10.5 Å². The number of fused-ring (bicyclic) bond motifs is 1. The molecule has 0 spiro atoms. The van der Waals surface area contributed by atoms with Gasteiger partial charge in [-0.2, -0.15) is 0 Å². The molecule has 2 N–H and O–H groups in total. The summed E-state index contributed by atoms with van der Waals surface area (Å²) < 4.78 is 5.82. The molecule has 2 atom stereocenters. The highest BCUT2D eigenvalue weighted by Gasteiger charge is 2.19. The van der Waals surface area contributed by atoms with E-state index in [1.54, 1.807) is 0 Å². The maximum atomic E-state index is 5.92. The summed E-state index contributed by atoms with van der Waals surface area (Å²) in [6, 6.07) is 7.68. The molecule has 2 aromatic rings. The molecule has 1 aromatic carbocycles. The first-order chi connectivity index (χ1) is 9.74. The number of aromatic nitrogens is 2. The van der Waals surface area contributed by atoms with Crippen molar-refractivity contribution >= 4 is 16.9 Å². The number of hydrogen-bond donors (Lipinski definition) is 1. The lowest BCUT2D eigenvalue weighted by Crippen LogP contribution is -2.21. The molecule has 20 heavy (non-hydrogen) atoms. The van der Waals surface area contributed by atoms with Crippen molar-refractivity contribution in [2.24, 2.45) is 11.8 Å². The normalized spacial score (nSPS) is 22.1. The van der Waals surface area contributed by atoms with Gasteiger partial charge in [-0.3, -0.25) is 0 Å². The summed E-state index contributed by atoms with van der Waals surface area (Å²) in [5.41, 5.74) is 7.54. The maximum Gasteiger partial charge on any atom is 0.257 e. The van der Waals surface area contributed by atoms with Crippen molar-refractivity contribution in [1.29, 1.82) is 0 Å². The van der Waals surface area contributed by atoms with Crippen LogP contribution >= 0.6 is 0 Å². The van der Waals surface area contributed by atoms with E-state index >= 15 is 0 Å². The summed E-state index contributed by atoms with van der Waals surface area (Å²) in [4.78, 5) is 8.79. The van der Waals surface area contributed by atoms with Crippen LogP contribution in [0.5, 0.6) is 5.88 Å². The SMILES string of the molecule is CC1CC=CCC1COc1nc2ccccc2nc1N. The Labute approximate surface area is 118 Å². The first kappa shape index (κ1) is 12.9. The molecule has 0 saturated heterocycles. The van der Waals surface area contributed by atoms with Crippen molar-refractivity contribution in [3.63, 3.8) is 0 Å². The molecule has 0 saturated carbocycles. The molecule has 1 aliphatic carbocycles. The van der Waals surface area contributed by atoms with Crippen molar-refractivity contribution < 1.29 is 4.74 Å². The van der Waals surface area contributed by atoms with Gasteiger partial charge in [0.25, 0.3) is 5.88 Å². The van der Waals surface area contributed by atoms with Gasteiger partial charge in [0.1, 0.15) is 0 Å². The number of nitrogens with two attached hydrogens (primary N) is 1. The minimum Gasteiger partial charge on any atom is -0.475 e. The molecule has 2 unspecified atom stereocenters. The summed E-state index contributed by atoms with van der Waals surface area (Å²) >= 11 is 0. The first-order valence-electron chi connectivity index (χ1n) is 7.04. The lowest BCUT2D eigenvalue weighted by atomic mass is 9.85. The maximum absolute atomic E-state index is 5.92. The molecule has 1 aromatic heterocycles.